The van der Waals surface area contributed by atoms with E-state index < -0.39 is 5.82 Å². The molecule has 1 amide bonds. The molecule has 2 aromatic heterocycles. The number of hydrogen-bond acceptors (Lipinski definition) is 6. The van der Waals surface area contributed by atoms with Crippen LogP contribution < -0.4 is 10.6 Å². The second-order valence-corrected chi connectivity index (χ2v) is 8.43. The van der Waals surface area contributed by atoms with Gasteiger partial charge in [-0.1, -0.05) is 16.6 Å². The number of nitrogens with one attached hydrogen (secondary N) is 2. The first-order valence-electron chi connectivity index (χ1n) is 9.86. The Labute approximate surface area is 180 Å². The van der Waals surface area contributed by atoms with E-state index in [1.165, 1.54) is 52.5 Å². The zero-order valence-electron chi connectivity index (χ0n) is 16.3. The van der Waals surface area contributed by atoms with Gasteiger partial charge >= 0.3 is 0 Å². The van der Waals surface area contributed by atoms with E-state index in [0.717, 1.165) is 29.5 Å². The first kappa shape index (κ1) is 19.6. The largest absolute Gasteiger partial charge is 0.357 e. The summed E-state index contributed by atoms with van der Waals surface area (Å²) < 4.78 is 29.5. The van der Waals surface area contributed by atoms with Crippen LogP contribution in [0.2, 0.25) is 0 Å². The van der Waals surface area contributed by atoms with E-state index in [4.69, 9.17) is 0 Å². The molecule has 7 nitrogen and oxygen atoms in total. The molecule has 0 bridgehead atoms. The Morgan fingerprint density at radius 2 is 1.90 bits per heavy atom. The minimum Gasteiger partial charge on any atom is -0.357 e. The Morgan fingerprint density at radius 1 is 1.10 bits per heavy atom. The van der Waals surface area contributed by atoms with Gasteiger partial charge in [-0.2, -0.15) is 0 Å². The average Bonchev–Trinajstić information content (AvgIpc) is 3.49. The smallest absolute Gasteiger partial charge is 0.253 e. The van der Waals surface area contributed by atoms with Crippen LogP contribution in [0.1, 0.15) is 29.6 Å². The highest BCUT2D eigenvalue weighted by Crippen LogP contribution is 2.30. The molecule has 0 spiro atoms. The fourth-order valence-corrected chi connectivity index (χ4v) is 4.85. The molecule has 2 N–H and O–H groups in total. The van der Waals surface area contributed by atoms with Crippen LogP contribution in [-0.4, -0.2) is 38.0 Å². The molecule has 31 heavy (non-hydrogen) atoms. The Balaban J connectivity index is 1.34. The van der Waals surface area contributed by atoms with Crippen molar-refractivity contribution in [3.8, 4) is 5.69 Å². The maximum Gasteiger partial charge on any atom is 0.253 e. The molecular weight excluding hydrogens is 422 g/mol. The van der Waals surface area contributed by atoms with E-state index in [9.17, 15) is 13.6 Å². The van der Waals surface area contributed by atoms with E-state index in [2.05, 4.69) is 25.9 Å². The average molecular weight is 440 g/mol. The van der Waals surface area contributed by atoms with Crippen molar-refractivity contribution in [2.45, 2.75) is 31.3 Å². The molecule has 1 saturated carbocycles. The lowest BCUT2D eigenvalue weighted by molar-refractivity contribution is 0.0935. The number of carbonyl (C=O) groups excluding carboxylic acids is 1. The number of nitrogens with zero attached hydrogens (tertiary/aromatic N) is 4. The summed E-state index contributed by atoms with van der Waals surface area (Å²) in [6.45, 7) is 0. The number of hydrogen-bond donors (Lipinski definition) is 2. The molecule has 2 aromatic carbocycles. The maximum absolute atomic E-state index is 13.9. The summed E-state index contributed by atoms with van der Waals surface area (Å²) in [6, 6.07) is 8.30. The van der Waals surface area contributed by atoms with Crippen molar-refractivity contribution in [1.82, 2.24) is 25.3 Å². The lowest BCUT2D eigenvalue weighted by atomic mass is 10.1. The predicted octanol–water partition coefficient (Wildman–Crippen LogP) is 3.92. The minimum absolute atomic E-state index is 0.0299. The Hall–Kier alpha value is -3.40. The first-order valence-corrected chi connectivity index (χ1v) is 10.7. The molecule has 0 aliphatic heterocycles. The molecule has 1 unspecified atom stereocenters. The van der Waals surface area contributed by atoms with Crippen LogP contribution >= 0.6 is 11.3 Å². The normalized spacial score (nSPS) is 18.4. The number of thiazole rings is 1. The van der Waals surface area contributed by atoms with Crippen LogP contribution in [0.25, 0.3) is 15.9 Å². The Morgan fingerprint density at radius 3 is 2.74 bits per heavy atom. The summed E-state index contributed by atoms with van der Waals surface area (Å²) in [4.78, 5) is 17.5. The van der Waals surface area contributed by atoms with Crippen LogP contribution in [0.15, 0.2) is 48.8 Å². The van der Waals surface area contributed by atoms with E-state index in [1.807, 2.05) is 0 Å². The molecule has 0 saturated heterocycles. The van der Waals surface area contributed by atoms with Gasteiger partial charge in [-0.15, -0.1) is 5.10 Å². The molecule has 1 aliphatic rings. The maximum atomic E-state index is 13.9. The number of aromatic nitrogens is 4. The topological polar surface area (TPSA) is 84.7 Å². The van der Waals surface area contributed by atoms with Crippen molar-refractivity contribution in [2.75, 3.05) is 5.32 Å². The van der Waals surface area contributed by atoms with Gasteiger partial charge in [0.05, 0.1) is 33.9 Å². The number of halogens is 2. The van der Waals surface area contributed by atoms with Gasteiger partial charge in [0, 0.05) is 12.1 Å². The van der Waals surface area contributed by atoms with Gasteiger partial charge in [-0.25, -0.2) is 18.4 Å². The summed E-state index contributed by atoms with van der Waals surface area (Å²) in [5, 5.41) is 14.7. The molecular formula is C21H18F2N6OS. The molecule has 1 fully saturated rings. The SMILES string of the molecule is O=C(NC1CCC[C@@H]1Nc1nc2ccc(F)cc2s1)c1cc(F)ccc1-n1ccnn1. The Bertz CT molecular complexity index is 1240. The highest BCUT2D eigenvalue weighted by atomic mass is 32.1. The van der Waals surface area contributed by atoms with Crippen molar-refractivity contribution < 1.29 is 13.6 Å². The minimum atomic E-state index is -0.503. The van der Waals surface area contributed by atoms with Crippen LogP contribution in [-0.2, 0) is 0 Å². The monoisotopic (exact) mass is 440 g/mol. The van der Waals surface area contributed by atoms with Crippen LogP contribution in [0, 0.1) is 11.6 Å². The zero-order valence-corrected chi connectivity index (χ0v) is 17.1. The molecule has 2 atom stereocenters. The van der Waals surface area contributed by atoms with Gasteiger partial charge in [-0.05, 0) is 55.7 Å². The number of anilines is 1. The molecule has 0 radical (unpaired) electrons. The van der Waals surface area contributed by atoms with Crippen LogP contribution in [0.5, 0.6) is 0 Å². The van der Waals surface area contributed by atoms with E-state index in [1.54, 1.807) is 12.3 Å². The van der Waals surface area contributed by atoms with Crippen molar-refractivity contribution in [2.24, 2.45) is 0 Å². The van der Waals surface area contributed by atoms with Crippen LogP contribution in [0.3, 0.4) is 0 Å². The fraction of sp³-hybridized carbons (Fsp3) is 0.238. The summed E-state index contributed by atoms with van der Waals surface area (Å²) in [7, 11) is 0. The van der Waals surface area contributed by atoms with Crippen molar-refractivity contribution in [1.29, 1.82) is 0 Å². The van der Waals surface area contributed by atoms with E-state index in [0.29, 0.717) is 10.8 Å². The third-order valence-electron chi connectivity index (χ3n) is 5.36. The van der Waals surface area contributed by atoms with E-state index >= 15 is 0 Å². The summed E-state index contributed by atoms with van der Waals surface area (Å²) >= 11 is 1.38. The second-order valence-electron chi connectivity index (χ2n) is 7.40. The molecule has 5 rings (SSSR count). The zero-order chi connectivity index (χ0) is 21.4. The Kier molecular flexibility index (Phi) is 5.06. The van der Waals surface area contributed by atoms with Gasteiger partial charge in [0.1, 0.15) is 11.6 Å². The quantitative estimate of drug-likeness (QED) is 0.491. The highest BCUT2D eigenvalue weighted by Gasteiger charge is 2.30. The molecule has 4 aromatic rings. The van der Waals surface area contributed by atoms with Gasteiger partial charge in [0.25, 0.3) is 5.91 Å². The number of amides is 1. The third-order valence-corrected chi connectivity index (χ3v) is 6.31. The van der Waals surface area contributed by atoms with Gasteiger partial charge in [0.15, 0.2) is 5.13 Å². The molecule has 2 heterocycles. The standard InChI is InChI=1S/C21H18F2N6OS/c22-12-5-7-18(29-9-8-24-28-29)14(10-12)20(30)25-15-2-1-3-16(15)26-21-27-17-6-4-13(23)11-19(17)31-21/h4-11,15-16H,1-3H2,(H,25,30)(H,26,27)/t15?,16-/m0/s1. The van der Waals surface area contributed by atoms with Gasteiger partial charge in [-0.3, -0.25) is 4.79 Å². The predicted molar refractivity (Wildman–Crippen MR) is 113 cm³/mol. The molecule has 158 valence electrons. The summed E-state index contributed by atoms with van der Waals surface area (Å²) in [5.74, 6) is -1.18. The number of benzene rings is 2. The first-order chi connectivity index (χ1) is 15.1. The highest BCUT2D eigenvalue weighted by molar-refractivity contribution is 7.22. The van der Waals surface area contributed by atoms with Gasteiger partial charge in [0.2, 0.25) is 0 Å². The summed E-state index contributed by atoms with van der Waals surface area (Å²) in [5.41, 5.74) is 1.36. The van der Waals surface area contributed by atoms with Crippen molar-refractivity contribution in [3.63, 3.8) is 0 Å². The number of fused-ring (bicyclic) bond motifs is 1. The lowest BCUT2D eigenvalue weighted by Crippen LogP contribution is -2.43. The second kappa shape index (κ2) is 8.03. The van der Waals surface area contributed by atoms with E-state index in [-0.39, 0.29) is 29.4 Å². The fourth-order valence-electron chi connectivity index (χ4n) is 3.90. The molecule has 10 heteroatoms. The van der Waals surface area contributed by atoms with Gasteiger partial charge < -0.3 is 10.6 Å². The van der Waals surface area contributed by atoms with Crippen molar-refractivity contribution >= 4 is 32.6 Å². The van der Waals surface area contributed by atoms with Crippen molar-refractivity contribution in [3.05, 3.63) is 66.0 Å². The molecule has 1 aliphatic carbocycles. The number of carbonyl (C=O) groups is 1. The number of rotatable bonds is 5. The summed E-state index contributed by atoms with van der Waals surface area (Å²) in [6.07, 6.45) is 5.66. The van der Waals surface area contributed by atoms with Crippen LogP contribution in [0.4, 0.5) is 13.9 Å². The third kappa shape index (κ3) is 3.98. The lowest BCUT2D eigenvalue weighted by Gasteiger charge is -2.22.